The number of thioether (sulfide) groups is 1. The molecule has 0 amide bonds. The highest BCUT2D eigenvalue weighted by Crippen LogP contribution is 2.37. The zero-order valence-corrected chi connectivity index (χ0v) is 21.5. The van der Waals surface area contributed by atoms with E-state index < -0.39 is 18.0 Å². The minimum Gasteiger partial charge on any atom is -0.497 e. The number of aliphatic hydroxyl groups excluding tert-OH is 1. The lowest BCUT2D eigenvalue weighted by Gasteiger charge is -2.37. The Balaban J connectivity index is 1.37. The van der Waals surface area contributed by atoms with Gasteiger partial charge in [0.15, 0.2) is 5.82 Å². The van der Waals surface area contributed by atoms with Crippen molar-refractivity contribution >= 4 is 40.2 Å². The molecule has 1 aromatic carbocycles. The summed E-state index contributed by atoms with van der Waals surface area (Å²) in [5.41, 5.74) is 1.29. The van der Waals surface area contributed by atoms with Crippen molar-refractivity contribution in [1.82, 2.24) is 14.9 Å². The Hall–Kier alpha value is -2.46. The van der Waals surface area contributed by atoms with Gasteiger partial charge in [-0.05, 0) is 62.1 Å². The average molecular weight is 534 g/mol. The molecule has 3 heterocycles. The number of carboxylic acid groups (broad SMARTS) is 1. The molecule has 0 aliphatic carbocycles. The molecule has 2 aromatic heterocycles. The summed E-state index contributed by atoms with van der Waals surface area (Å²) in [6.45, 7) is 1.84. The molecular weight excluding hydrogens is 505 g/mol. The highest BCUT2D eigenvalue weighted by atomic mass is 35.5. The molecule has 0 spiro atoms. The first kappa shape index (κ1) is 26.6. The molecule has 192 valence electrons. The Bertz CT molecular complexity index is 1220. The predicted octanol–water partition coefficient (Wildman–Crippen LogP) is 5.06. The second-order valence-corrected chi connectivity index (χ2v) is 10.4. The van der Waals surface area contributed by atoms with Gasteiger partial charge in [-0.2, -0.15) is 0 Å². The van der Waals surface area contributed by atoms with Crippen LogP contribution in [0.5, 0.6) is 5.75 Å². The highest BCUT2D eigenvalue weighted by Gasteiger charge is 2.34. The molecule has 7 nitrogen and oxygen atoms in total. The first-order valence-electron chi connectivity index (χ1n) is 11.9. The number of piperidine rings is 1. The van der Waals surface area contributed by atoms with E-state index in [9.17, 15) is 19.4 Å². The number of carboxylic acids is 1. The van der Waals surface area contributed by atoms with Crippen molar-refractivity contribution in [3.8, 4) is 5.75 Å². The van der Waals surface area contributed by atoms with Gasteiger partial charge in [0, 0.05) is 42.2 Å². The van der Waals surface area contributed by atoms with Gasteiger partial charge in [-0.25, -0.2) is 9.37 Å². The summed E-state index contributed by atoms with van der Waals surface area (Å²) in [6.07, 6.45) is 3.90. The highest BCUT2D eigenvalue weighted by molar-refractivity contribution is 7.99. The minimum atomic E-state index is -0.854. The molecule has 0 saturated carbocycles. The third-order valence-electron chi connectivity index (χ3n) is 6.74. The van der Waals surface area contributed by atoms with Gasteiger partial charge in [-0.1, -0.05) is 11.6 Å². The zero-order valence-electron chi connectivity index (χ0n) is 19.9. The maximum absolute atomic E-state index is 13.8. The van der Waals surface area contributed by atoms with Gasteiger partial charge in [0.2, 0.25) is 0 Å². The number of nitrogens with zero attached hydrogens (tertiary/aromatic N) is 3. The summed E-state index contributed by atoms with van der Waals surface area (Å²) in [5, 5.41) is 22.4. The number of hydrogen-bond acceptors (Lipinski definition) is 7. The molecule has 4 rings (SSSR count). The number of ether oxygens (including phenoxy) is 1. The number of hydrogen-bond donors (Lipinski definition) is 2. The third kappa shape index (κ3) is 6.26. The largest absolute Gasteiger partial charge is 0.497 e. The van der Waals surface area contributed by atoms with E-state index in [2.05, 4.69) is 14.9 Å². The molecule has 3 aromatic rings. The average Bonchev–Trinajstić information content (AvgIpc) is 2.88. The number of benzene rings is 1. The van der Waals surface area contributed by atoms with Crippen molar-refractivity contribution in [2.45, 2.75) is 30.4 Å². The first-order chi connectivity index (χ1) is 17.4. The second-order valence-electron chi connectivity index (χ2n) is 8.93. The number of methoxy groups -OCH3 is 1. The number of aliphatic carboxylic acids is 1. The first-order valence-corrected chi connectivity index (χ1v) is 13.2. The lowest BCUT2D eigenvalue weighted by Crippen LogP contribution is -2.44. The summed E-state index contributed by atoms with van der Waals surface area (Å²) < 4.78 is 19.1. The number of aromatic nitrogens is 2. The number of pyridine rings is 2. The quantitative estimate of drug-likeness (QED) is 0.349. The molecule has 1 aliphatic rings. The molecule has 36 heavy (non-hydrogen) atoms. The van der Waals surface area contributed by atoms with Crippen molar-refractivity contribution in [3.63, 3.8) is 0 Å². The van der Waals surface area contributed by atoms with Gasteiger partial charge in [0.1, 0.15) is 10.8 Å². The van der Waals surface area contributed by atoms with E-state index in [0.717, 1.165) is 11.9 Å². The molecule has 1 fully saturated rings. The van der Waals surface area contributed by atoms with Gasteiger partial charge in [-0.15, -0.1) is 11.8 Å². The van der Waals surface area contributed by atoms with Crippen molar-refractivity contribution in [2.75, 3.05) is 32.5 Å². The van der Waals surface area contributed by atoms with E-state index in [4.69, 9.17) is 16.3 Å². The number of fused-ring (bicyclic) bond motifs is 1. The second kappa shape index (κ2) is 12.2. The maximum atomic E-state index is 13.8. The Morgan fingerprint density at radius 2 is 2.19 bits per heavy atom. The van der Waals surface area contributed by atoms with Crippen LogP contribution in [-0.4, -0.2) is 63.5 Å². The monoisotopic (exact) mass is 533 g/mol. The van der Waals surface area contributed by atoms with Gasteiger partial charge < -0.3 is 19.8 Å². The van der Waals surface area contributed by atoms with Gasteiger partial charge in [-0.3, -0.25) is 9.78 Å². The van der Waals surface area contributed by atoms with Crippen LogP contribution in [0.1, 0.15) is 30.9 Å². The van der Waals surface area contributed by atoms with Crippen LogP contribution in [0.2, 0.25) is 5.02 Å². The SMILES string of the molecule is COc1ccc2ncc(Cl)c([C@H](O)CCC3CCN(CCSc4ncccc4F)CC3C(=O)O)c2c1. The zero-order chi connectivity index (χ0) is 25.7. The fourth-order valence-electron chi connectivity index (χ4n) is 4.80. The number of likely N-dealkylation sites (tertiary alicyclic amines) is 1. The number of halogens is 2. The lowest BCUT2D eigenvalue weighted by atomic mass is 9.81. The van der Waals surface area contributed by atoms with E-state index in [-0.39, 0.29) is 11.7 Å². The predicted molar refractivity (Wildman–Crippen MR) is 138 cm³/mol. The Kier molecular flexibility index (Phi) is 9.00. The van der Waals surface area contributed by atoms with Gasteiger partial charge in [0.05, 0.1) is 29.7 Å². The molecular formula is C26H29ClFN3O4S. The van der Waals surface area contributed by atoms with E-state index in [1.165, 1.54) is 24.0 Å². The molecule has 2 N–H and O–H groups in total. The number of carbonyl (C=O) groups is 1. The molecule has 0 radical (unpaired) electrons. The van der Waals surface area contributed by atoms with E-state index in [0.29, 0.717) is 65.0 Å². The third-order valence-corrected chi connectivity index (χ3v) is 8.00. The van der Waals surface area contributed by atoms with Gasteiger partial charge in [0.25, 0.3) is 0 Å². The maximum Gasteiger partial charge on any atom is 0.308 e. The van der Waals surface area contributed by atoms with Crippen molar-refractivity contribution in [1.29, 1.82) is 0 Å². The standard InChI is InChI=1S/C26H29ClFN3O4S/c1-35-17-5-6-22-18(13-17)24(20(27)14-30-22)23(32)7-4-16-8-10-31(15-19(16)26(33)34)11-12-36-25-21(28)3-2-9-29-25/h2-3,5-6,9,13-14,16,19,23,32H,4,7-8,10-12,15H2,1H3,(H,33,34)/t16?,19?,23-/m1/s1. The summed E-state index contributed by atoms with van der Waals surface area (Å²) in [5.74, 6) is -0.505. The molecule has 0 bridgehead atoms. The van der Waals surface area contributed by atoms with Crippen LogP contribution in [0, 0.1) is 17.7 Å². The summed E-state index contributed by atoms with van der Waals surface area (Å²) in [4.78, 5) is 22.6. The van der Waals surface area contributed by atoms with Crippen LogP contribution in [0.3, 0.4) is 0 Å². The van der Waals surface area contributed by atoms with Crippen LogP contribution in [0.25, 0.3) is 10.9 Å². The van der Waals surface area contributed by atoms with Crippen LogP contribution in [0.4, 0.5) is 4.39 Å². The van der Waals surface area contributed by atoms with Crippen molar-refractivity contribution < 1.29 is 24.1 Å². The molecule has 3 atom stereocenters. The van der Waals surface area contributed by atoms with E-state index >= 15 is 0 Å². The van der Waals surface area contributed by atoms with Crippen LogP contribution >= 0.6 is 23.4 Å². The van der Waals surface area contributed by atoms with E-state index in [1.54, 1.807) is 31.5 Å². The van der Waals surface area contributed by atoms with E-state index in [1.807, 2.05) is 6.07 Å². The fourth-order valence-corrected chi connectivity index (χ4v) is 5.96. The Morgan fingerprint density at radius 3 is 2.94 bits per heavy atom. The molecule has 10 heteroatoms. The normalized spacial score (nSPS) is 19.3. The molecule has 1 aliphatic heterocycles. The van der Waals surface area contributed by atoms with Crippen LogP contribution in [-0.2, 0) is 4.79 Å². The number of rotatable bonds is 10. The topological polar surface area (TPSA) is 95.8 Å². The summed E-state index contributed by atoms with van der Waals surface area (Å²) in [6, 6.07) is 8.36. The fraction of sp³-hybridized carbons (Fsp3) is 0.423. The van der Waals surface area contributed by atoms with Gasteiger partial charge >= 0.3 is 5.97 Å². The Labute approximate surface area is 218 Å². The Morgan fingerprint density at radius 1 is 1.36 bits per heavy atom. The van der Waals surface area contributed by atoms with Crippen LogP contribution in [0.15, 0.2) is 47.8 Å². The number of aliphatic hydroxyl groups is 1. The van der Waals surface area contributed by atoms with Crippen molar-refractivity contribution in [3.05, 3.63) is 59.1 Å². The van der Waals surface area contributed by atoms with Crippen LogP contribution < -0.4 is 4.74 Å². The smallest absolute Gasteiger partial charge is 0.308 e. The van der Waals surface area contributed by atoms with Crippen molar-refractivity contribution in [2.24, 2.45) is 11.8 Å². The minimum absolute atomic E-state index is 0.0595. The lowest BCUT2D eigenvalue weighted by molar-refractivity contribution is -0.146. The molecule has 2 unspecified atom stereocenters. The summed E-state index contributed by atoms with van der Waals surface area (Å²) in [7, 11) is 1.57. The summed E-state index contributed by atoms with van der Waals surface area (Å²) >= 11 is 7.75. The molecule has 1 saturated heterocycles.